The van der Waals surface area contributed by atoms with Gasteiger partial charge in [-0.25, -0.2) is 4.79 Å². The molecular formula is C21H15Cl3N2O2S. The van der Waals surface area contributed by atoms with E-state index in [1.165, 1.54) is 11.3 Å². The number of carbonyl (C=O) groups is 1. The van der Waals surface area contributed by atoms with Gasteiger partial charge in [-0.2, -0.15) is 5.10 Å². The summed E-state index contributed by atoms with van der Waals surface area (Å²) >= 11 is 19.7. The van der Waals surface area contributed by atoms with Crippen LogP contribution in [0.4, 0.5) is 0 Å². The molecule has 0 fully saturated rings. The number of esters is 1. The van der Waals surface area contributed by atoms with Crippen molar-refractivity contribution in [2.24, 2.45) is 0 Å². The number of carbonyl (C=O) groups excluding carboxylic acids is 1. The molecule has 0 atom stereocenters. The molecule has 4 aromatic rings. The molecule has 8 heteroatoms. The number of fused-ring (bicyclic) bond motifs is 1. The SMILES string of the molecule is Cc1nn(Cc2ccccc2Cl)c2sc(C(=O)OCc3ccc(Cl)cc3Cl)cc12. The number of benzene rings is 2. The van der Waals surface area contributed by atoms with Crippen LogP contribution in [-0.2, 0) is 17.9 Å². The molecule has 2 aromatic heterocycles. The van der Waals surface area contributed by atoms with Crippen LogP contribution < -0.4 is 0 Å². The van der Waals surface area contributed by atoms with Gasteiger partial charge in [0.2, 0.25) is 0 Å². The topological polar surface area (TPSA) is 44.1 Å². The van der Waals surface area contributed by atoms with Gasteiger partial charge in [0.1, 0.15) is 16.3 Å². The first-order valence-corrected chi connectivity index (χ1v) is 10.7. The zero-order chi connectivity index (χ0) is 20.5. The lowest BCUT2D eigenvalue weighted by Crippen LogP contribution is -2.04. The van der Waals surface area contributed by atoms with Crippen LogP contribution in [0.1, 0.15) is 26.5 Å². The van der Waals surface area contributed by atoms with Crippen LogP contribution >= 0.6 is 46.1 Å². The standard InChI is InChI=1S/C21H15Cl3N2O2S/c1-12-16-9-19(21(27)28-11-14-6-7-15(22)8-18(14)24)29-20(16)26(25-12)10-13-4-2-3-5-17(13)23/h2-9H,10-11H2,1H3. The van der Waals surface area contributed by atoms with Crippen LogP contribution in [0.2, 0.25) is 15.1 Å². The number of ether oxygens (including phenoxy) is 1. The van der Waals surface area contributed by atoms with Crippen molar-refractivity contribution in [2.45, 2.75) is 20.1 Å². The van der Waals surface area contributed by atoms with E-state index in [9.17, 15) is 4.79 Å². The van der Waals surface area contributed by atoms with Crippen LogP contribution in [0, 0.1) is 6.92 Å². The van der Waals surface area contributed by atoms with E-state index >= 15 is 0 Å². The largest absolute Gasteiger partial charge is 0.457 e. The quantitative estimate of drug-likeness (QED) is 0.305. The molecule has 0 aliphatic rings. The monoisotopic (exact) mass is 464 g/mol. The summed E-state index contributed by atoms with van der Waals surface area (Å²) in [5.74, 6) is -0.402. The molecule has 0 radical (unpaired) electrons. The van der Waals surface area contributed by atoms with Crippen molar-refractivity contribution in [1.82, 2.24) is 9.78 Å². The lowest BCUT2D eigenvalue weighted by Gasteiger charge is -2.06. The lowest BCUT2D eigenvalue weighted by molar-refractivity contribution is 0.0479. The van der Waals surface area contributed by atoms with Gasteiger partial charge in [0.25, 0.3) is 0 Å². The Labute approximate surface area is 186 Å². The molecule has 29 heavy (non-hydrogen) atoms. The fraction of sp³-hybridized carbons (Fsp3) is 0.143. The Morgan fingerprint density at radius 2 is 1.86 bits per heavy atom. The maximum Gasteiger partial charge on any atom is 0.348 e. The van der Waals surface area contributed by atoms with Gasteiger partial charge >= 0.3 is 5.97 Å². The number of hydrogen-bond donors (Lipinski definition) is 0. The van der Waals surface area contributed by atoms with Gasteiger partial charge in [-0.1, -0.05) is 59.1 Å². The highest BCUT2D eigenvalue weighted by Gasteiger charge is 2.18. The first-order chi connectivity index (χ1) is 13.9. The van der Waals surface area contributed by atoms with Gasteiger partial charge in [-0.3, -0.25) is 4.68 Å². The van der Waals surface area contributed by atoms with Crippen molar-refractivity contribution in [3.8, 4) is 0 Å². The van der Waals surface area contributed by atoms with Crippen LogP contribution in [0.5, 0.6) is 0 Å². The Hall–Kier alpha value is -2.05. The summed E-state index contributed by atoms with van der Waals surface area (Å²) in [6.45, 7) is 2.52. The summed E-state index contributed by atoms with van der Waals surface area (Å²) in [5, 5.41) is 7.20. The molecule has 4 rings (SSSR count). The second-order valence-electron chi connectivity index (χ2n) is 6.48. The van der Waals surface area contributed by atoms with Crippen molar-refractivity contribution in [3.63, 3.8) is 0 Å². The molecule has 0 saturated carbocycles. The minimum Gasteiger partial charge on any atom is -0.457 e. The minimum atomic E-state index is -0.402. The average molecular weight is 466 g/mol. The van der Waals surface area contributed by atoms with Gasteiger partial charge in [-0.15, -0.1) is 11.3 Å². The van der Waals surface area contributed by atoms with E-state index < -0.39 is 5.97 Å². The van der Waals surface area contributed by atoms with Gasteiger partial charge in [-0.05, 0) is 36.8 Å². The molecule has 148 valence electrons. The lowest BCUT2D eigenvalue weighted by atomic mass is 10.2. The average Bonchev–Trinajstić information content (AvgIpc) is 3.24. The number of aromatic nitrogens is 2. The summed E-state index contributed by atoms with van der Waals surface area (Å²) in [5.41, 5.74) is 2.52. The zero-order valence-electron chi connectivity index (χ0n) is 15.3. The second-order valence-corrected chi connectivity index (χ2v) is 8.76. The molecule has 4 nitrogen and oxygen atoms in total. The Kier molecular flexibility index (Phi) is 5.83. The highest BCUT2D eigenvalue weighted by atomic mass is 35.5. The third kappa shape index (κ3) is 4.28. The van der Waals surface area contributed by atoms with Gasteiger partial charge in [0, 0.05) is 26.0 Å². The number of aryl methyl sites for hydroxylation is 1. The summed E-state index contributed by atoms with van der Waals surface area (Å²) in [7, 11) is 0. The van der Waals surface area contributed by atoms with E-state index in [0.717, 1.165) is 21.5 Å². The number of hydrogen-bond acceptors (Lipinski definition) is 4. The minimum absolute atomic E-state index is 0.0772. The zero-order valence-corrected chi connectivity index (χ0v) is 18.4. The summed E-state index contributed by atoms with van der Waals surface area (Å²) in [6.07, 6.45) is 0. The second kappa shape index (κ2) is 8.36. The third-order valence-corrected chi connectivity index (χ3v) is 6.54. The molecule has 0 unspecified atom stereocenters. The highest BCUT2D eigenvalue weighted by molar-refractivity contribution is 7.20. The molecule has 0 aliphatic heterocycles. The molecule has 0 spiro atoms. The summed E-state index contributed by atoms with van der Waals surface area (Å²) in [6, 6.07) is 14.5. The maximum absolute atomic E-state index is 12.6. The van der Waals surface area contributed by atoms with Crippen molar-refractivity contribution >= 4 is 62.3 Å². The third-order valence-electron chi connectivity index (χ3n) is 4.46. The molecule has 0 N–H and O–H groups in total. The van der Waals surface area contributed by atoms with Crippen molar-refractivity contribution in [2.75, 3.05) is 0 Å². The fourth-order valence-corrected chi connectivity index (χ4v) is 4.67. The van der Waals surface area contributed by atoms with Crippen LogP contribution in [0.25, 0.3) is 10.2 Å². The molecular weight excluding hydrogens is 451 g/mol. The normalized spacial score (nSPS) is 11.2. The Bertz CT molecular complexity index is 1220. The van der Waals surface area contributed by atoms with Crippen LogP contribution in [-0.4, -0.2) is 15.7 Å². The molecule has 0 amide bonds. The number of rotatable bonds is 5. The molecule has 0 bridgehead atoms. The van der Waals surface area contributed by atoms with E-state index in [0.29, 0.717) is 32.1 Å². The van der Waals surface area contributed by atoms with E-state index in [-0.39, 0.29) is 6.61 Å². The van der Waals surface area contributed by atoms with E-state index in [4.69, 9.17) is 39.5 Å². The van der Waals surface area contributed by atoms with Crippen molar-refractivity contribution in [3.05, 3.63) is 85.3 Å². The first-order valence-electron chi connectivity index (χ1n) is 8.74. The first kappa shape index (κ1) is 20.2. The van der Waals surface area contributed by atoms with Gasteiger partial charge in [0.15, 0.2) is 0 Å². The summed E-state index contributed by atoms with van der Waals surface area (Å²) < 4.78 is 7.31. The predicted octanol–water partition coefficient (Wildman–Crippen LogP) is 6.77. The van der Waals surface area contributed by atoms with Gasteiger partial charge < -0.3 is 4.74 Å². The van der Waals surface area contributed by atoms with E-state index in [1.807, 2.05) is 41.9 Å². The summed E-state index contributed by atoms with van der Waals surface area (Å²) in [4.78, 5) is 14.0. The van der Waals surface area contributed by atoms with E-state index in [1.54, 1.807) is 18.2 Å². The molecule has 0 saturated heterocycles. The highest BCUT2D eigenvalue weighted by Crippen LogP contribution is 2.30. The maximum atomic E-state index is 12.6. The van der Waals surface area contributed by atoms with Crippen LogP contribution in [0.3, 0.4) is 0 Å². The molecule has 0 aliphatic carbocycles. The van der Waals surface area contributed by atoms with Crippen molar-refractivity contribution in [1.29, 1.82) is 0 Å². The molecule has 2 heterocycles. The fourth-order valence-electron chi connectivity index (χ4n) is 2.96. The number of thiophene rings is 1. The van der Waals surface area contributed by atoms with Crippen LogP contribution in [0.15, 0.2) is 48.5 Å². The predicted molar refractivity (Wildman–Crippen MR) is 118 cm³/mol. The smallest absolute Gasteiger partial charge is 0.348 e. The Morgan fingerprint density at radius 1 is 1.07 bits per heavy atom. The van der Waals surface area contributed by atoms with Gasteiger partial charge in [0.05, 0.1) is 12.2 Å². The van der Waals surface area contributed by atoms with E-state index in [2.05, 4.69) is 5.10 Å². The Morgan fingerprint density at radius 3 is 2.62 bits per heavy atom. The number of nitrogens with zero attached hydrogens (tertiary/aromatic N) is 2. The van der Waals surface area contributed by atoms with Crippen molar-refractivity contribution < 1.29 is 9.53 Å². The number of halogens is 3. The molecule has 2 aromatic carbocycles. The Balaban J connectivity index is 1.55.